The normalized spacial score (nSPS) is 12.2. The fraction of sp³-hybridized carbons (Fsp3) is 0. The third kappa shape index (κ3) is 5.50. The Balaban J connectivity index is 1.83. The lowest BCUT2D eigenvalue weighted by molar-refractivity contribution is 0.595. The highest BCUT2D eigenvalue weighted by Crippen LogP contribution is 2.24. The first kappa shape index (κ1) is 20.7. The maximum Gasteiger partial charge on any atom is 0.296 e. The van der Waals surface area contributed by atoms with Gasteiger partial charge in [0.1, 0.15) is 5.82 Å². The van der Waals surface area contributed by atoms with E-state index in [1.54, 1.807) is 36.4 Å². The SMILES string of the molecule is NS(=O)(=O)Nc1cccc(S(=O)(=O)c2ccc(C=Cc3ccc(F)cc3)cc2)c1. The summed E-state index contributed by atoms with van der Waals surface area (Å²) in [6.45, 7) is 0. The molecule has 0 aliphatic heterocycles. The van der Waals surface area contributed by atoms with Crippen LogP contribution in [-0.4, -0.2) is 16.8 Å². The van der Waals surface area contributed by atoms with Crippen molar-refractivity contribution < 1.29 is 21.2 Å². The maximum absolute atomic E-state index is 12.9. The van der Waals surface area contributed by atoms with Crippen molar-refractivity contribution in [3.63, 3.8) is 0 Å². The summed E-state index contributed by atoms with van der Waals surface area (Å²) in [5.74, 6) is -0.319. The highest BCUT2D eigenvalue weighted by atomic mass is 32.2. The number of benzene rings is 3. The van der Waals surface area contributed by atoms with Crippen molar-refractivity contribution in [3.8, 4) is 0 Å². The smallest absolute Gasteiger partial charge is 0.271 e. The van der Waals surface area contributed by atoms with Crippen LogP contribution < -0.4 is 9.86 Å². The second-order valence-corrected chi connectivity index (χ2v) is 9.38. The minimum Gasteiger partial charge on any atom is -0.271 e. The Hall–Kier alpha value is -3.01. The molecule has 150 valence electrons. The zero-order valence-corrected chi connectivity index (χ0v) is 16.6. The van der Waals surface area contributed by atoms with E-state index in [0.717, 1.165) is 11.1 Å². The summed E-state index contributed by atoms with van der Waals surface area (Å²) in [5.41, 5.74) is 1.62. The summed E-state index contributed by atoms with van der Waals surface area (Å²) in [7, 11) is -7.86. The molecule has 0 aliphatic carbocycles. The molecule has 0 atom stereocenters. The van der Waals surface area contributed by atoms with E-state index in [2.05, 4.69) is 0 Å². The van der Waals surface area contributed by atoms with Crippen molar-refractivity contribution in [1.29, 1.82) is 0 Å². The van der Waals surface area contributed by atoms with E-state index < -0.39 is 20.0 Å². The molecule has 3 rings (SSSR count). The van der Waals surface area contributed by atoms with E-state index >= 15 is 0 Å². The molecule has 0 spiro atoms. The monoisotopic (exact) mass is 432 g/mol. The zero-order chi connectivity index (χ0) is 21.1. The van der Waals surface area contributed by atoms with Gasteiger partial charge in [0, 0.05) is 0 Å². The molecule has 0 radical (unpaired) electrons. The topological polar surface area (TPSA) is 106 Å². The number of halogens is 1. The number of anilines is 1. The Bertz CT molecular complexity index is 1250. The molecule has 6 nitrogen and oxygen atoms in total. The Morgan fingerprint density at radius 1 is 0.759 bits per heavy atom. The summed E-state index contributed by atoms with van der Waals surface area (Å²) < 4.78 is 62.9. The van der Waals surface area contributed by atoms with Crippen LogP contribution in [0.15, 0.2) is 82.6 Å². The van der Waals surface area contributed by atoms with Gasteiger partial charge in [-0.15, -0.1) is 0 Å². The average Bonchev–Trinajstić information content (AvgIpc) is 2.67. The van der Waals surface area contributed by atoms with Crippen molar-refractivity contribution in [1.82, 2.24) is 0 Å². The Kier molecular flexibility index (Phi) is 5.83. The molecule has 0 unspecified atom stereocenters. The average molecular weight is 432 g/mol. The maximum atomic E-state index is 12.9. The standard InChI is InChI=1S/C20H17FN2O4S2/c21-17-10-6-15(7-11-17)4-5-16-8-12-19(13-9-16)28(24,25)20-3-1-2-18(14-20)23-29(22,26)27/h1-14,23H,(H2,22,26,27). The number of sulfone groups is 1. The van der Waals surface area contributed by atoms with E-state index in [1.807, 2.05) is 4.72 Å². The fourth-order valence-electron chi connectivity index (χ4n) is 2.55. The van der Waals surface area contributed by atoms with Crippen LogP contribution in [0.25, 0.3) is 12.2 Å². The first-order chi connectivity index (χ1) is 13.6. The Morgan fingerprint density at radius 2 is 1.31 bits per heavy atom. The predicted octanol–water partition coefficient (Wildman–Crippen LogP) is 3.44. The van der Waals surface area contributed by atoms with Crippen LogP contribution in [0.2, 0.25) is 0 Å². The summed E-state index contributed by atoms with van der Waals surface area (Å²) in [6, 6.07) is 17.5. The van der Waals surface area contributed by atoms with E-state index in [1.165, 1.54) is 48.5 Å². The molecule has 3 aromatic rings. The van der Waals surface area contributed by atoms with Gasteiger partial charge in [0.05, 0.1) is 15.5 Å². The number of hydrogen-bond donors (Lipinski definition) is 2. The molecular weight excluding hydrogens is 415 g/mol. The van der Waals surface area contributed by atoms with Gasteiger partial charge in [-0.25, -0.2) is 17.9 Å². The van der Waals surface area contributed by atoms with Crippen molar-refractivity contribution in [3.05, 3.63) is 89.7 Å². The van der Waals surface area contributed by atoms with Crippen LogP contribution in [0.5, 0.6) is 0 Å². The first-order valence-electron chi connectivity index (χ1n) is 8.33. The molecule has 3 N–H and O–H groups in total. The van der Waals surface area contributed by atoms with Crippen LogP contribution >= 0.6 is 0 Å². The van der Waals surface area contributed by atoms with Gasteiger partial charge < -0.3 is 0 Å². The van der Waals surface area contributed by atoms with Crippen molar-refractivity contribution in [2.75, 3.05) is 4.72 Å². The van der Waals surface area contributed by atoms with E-state index in [-0.39, 0.29) is 21.3 Å². The van der Waals surface area contributed by atoms with Crippen LogP contribution in [0.3, 0.4) is 0 Å². The molecule has 0 heterocycles. The van der Waals surface area contributed by atoms with Crippen molar-refractivity contribution >= 4 is 37.9 Å². The Labute approximate surface area is 168 Å². The number of hydrogen-bond acceptors (Lipinski definition) is 4. The van der Waals surface area contributed by atoms with Crippen LogP contribution in [0.1, 0.15) is 11.1 Å². The highest BCUT2D eigenvalue weighted by Gasteiger charge is 2.18. The van der Waals surface area contributed by atoms with Crippen molar-refractivity contribution in [2.24, 2.45) is 5.14 Å². The minimum atomic E-state index is -4.01. The molecule has 3 aromatic carbocycles. The quantitative estimate of drug-likeness (QED) is 0.582. The number of nitrogens with one attached hydrogen (secondary N) is 1. The zero-order valence-electron chi connectivity index (χ0n) is 15.0. The van der Waals surface area contributed by atoms with Gasteiger partial charge in [0.2, 0.25) is 9.84 Å². The third-order valence-corrected chi connectivity index (χ3v) is 6.22. The van der Waals surface area contributed by atoms with Crippen LogP contribution in [0, 0.1) is 5.82 Å². The van der Waals surface area contributed by atoms with E-state index in [4.69, 9.17) is 5.14 Å². The van der Waals surface area contributed by atoms with Crippen molar-refractivity contribution in [2.45, 2.75) is 9.79 Å². The lowest BCUT2D eigenvalue weighted by Crippen LogP contribution is -2.21. The molecule has 0 saturated heterocycles. The van der Waals surface area contributed by atoms with Crippen LogP contribution in [-0.2, 0) is 20.0 Å². The summed E-state index contributed by atoms with van der Waals surface area (Å²) in [6.07, 6.45) is 3.56. The molecule has 0 saturated carbocycles. The summed E-state index contributed by atoms with van der Waals surface area (Å²) in [5, 5.41) is 4.92. The predicted molar refractivity (Wildman–Crippen MR) is 110 cm³/mol. The second-order valence-electron chi connectivity index (χ2n) is 6.13. The molecule has 0 amide bonds. The summed E-state index contributed by atoms with van der Waals surface area (Å²) in [4.78, 5) is -0.00931. The largest absolute Gasteiger partial charge is 0.296 e. The summed E-state index contributed by atoms with van der Waals surface area (Å²) >= 11 is 0. The lowest BCUT2D eigenvalue weighted by atomic mass is 10.1. The third-order valence-electron chi connectivity index (χ3n) is 3.93. The minimum absolute atomic E-state index is 0.0485. The van der Waals surface area contributed by atoms with Gasteiger partial charge in [0.15, 0.2) is 0 Å². The van der Waals surface area contributed by atoms with Gasteiger partial charge in [-0.05, 0) is 53.6 Å². The fourth-order valence-corrected chi connectivity index (χ4v) is 4.31. The molecular formula is C20H17FN2O4S2. The molecule has 0 aliphatic rings. The van der Waals surface area contributed by atoms with Gasteiger partial charge in [0.25, 0.3) is 10.2 Å². The number of rotatable bonds is 6. The highest BCUT2D eigenvalue weighted by molar-refractivity contribution is 7.91. The van der Waals surface area contributed by atoms with Crippen LogP contribution in [0.4, 0.5) is 10.1 Å². The molecule has 29 heavy (non-hydrogen) atoms. The second kappa shape index (κ2) is 8.16. The first-order valence-corrected chi connectivity index (χ1v) is 11.4. The van der Waals surface area contributed by atoms with Gasteiger partial charge in [-0.3, -0.25) is 4.72 Å². The molecule has 0 fully saturated rings. The van der Waals surface area contributed by atoms with E-state index in [9.17, 15) is 21.2 Å². The van der Waals surface area contributed by atoms with Gasteiger partial charge in [-0.1, -0.05) is 42.5 Å². The van der Waals surface area contributed by atoms with E-state index in [0.29, 0.717) is 0 Å². The molecule has 0 bridgehead atoms. The van der Waals surface area contributed by atoms with Gasteiger partial charge in [-0.2, -0.15) is 8.42 Å². The molecule has 0 aromatic heterocycles. The molecule has 9 heteroatoms. The number of nitrogens with two attached hydrogens (primary N) is 1. The van der Waals surface area contributed by atoms with Gasteiger partial charge >= 0.3 is 0 Å². The lowest BCUT2D eigenvalue weighted by Gasteiger charge is -2.08. The Morgan fingerprint density at radius 3 is 1.86 bits per heavy atom.